The zero-order chi connectivity index (χ0) is 15.5. The van der Waals surface area contributed by atoms with Crippen LogP contribution in [0.15, 0.2) is 48.5 Å². The van der Waals surface area contributed by atoms with Gasteiger partial charge in [0.05, 0.1) is 6.10 Å². The van der Waals surface area contributed by atoms with E-state index < -0.39 is 11.5 Å². The molecule has 2 rings (SSSR count). The Balaban J connectivity index is 2.49. The first-order valence-corrected chi connectivity index (χ1v) is 7.25. The van der Waals surface area contributed by atoms with Gasteiger partial charge < -0.3 is 10.8 Å². The van der Waals surface area contributed by atoms with Crippen LogP contribution in [0.25, 0.3) is 0 Å². The molecule has 0 amide bonds. The molecule has 2 nitrogen and oxygen atoms in total. The molecule has 0 heterocycles. The fourth-order valence-corrected chi connectivity index (χ4v) is 2.82. The van der Waals surface area contributed by atoms with E-state index in [9.17, 15) is 9.50 Å². The minimum atomic E-state index is -0.696. The molecule has 0 aromatic heterocycles. The summed E-state index contributed by atoms with van der Waals surface area (Å²) >= 11 is 6.16. The summed E-state index contributed by atoms with van der Waals surface area (Å²) in [5.41, 5.74) is 6.85. The van der Waals surface area contributed by atoms with Gasteiger partial charge in [0.2, 0.25) is 0 Å². The summed E-state index contributed by atoms with van der Waals surface area (Å²) in [6.07, 6.45) is -0.314. The Hall–Kier alpha value is -1.42. The van der Waals surface area contributed by atoms with Gasteiger partial charge in [-0.2, -0.15) is 0 Å². The van der Waals surface area contributed by atoms with E-state index >= 15 is 0 Å². The van der Waals surface area contributed by atoms with Crippen molar-refractivity contribution in [1.29, 1.82) is 0 Å². The molecule has 0 radical (unpaired) electrons. The first kappa shape index (κ1) is 16.0. The summed E-state index contributed by atoms with van der Waals surface area (Å²) in [7, 11) is 0. The molecule has 0 saturated carbocycles. The summed E-state index contributed by atoms with van der Waals surface area (Å²) in [5, 5.41) is 10.8. The molecule has 0 bridgehead atoms. The Morgan fingerprint density at radius 3 is 2.48 bits per heavy atom. The second kappa shape index (κ2) is 6.56. The smallest absolute Gasteiger partial charge is 0.123 e. The molecule has 2 aromatic rings. The highest BCUT2D eigenvalue weighted by atomic mass is 35.5. The van der Waals surface area contributed by atoms with E-state index in [4.69, 9.17) is 17.3 Å². The second-order valence-corrected chi connectivity index (χ2v) is 5.72. The van der Waals surface area contributed by atoms with E-state index in [0.29, 0.717) is 17.0 Å². The molecule has 4 heteroatoms. The van der Waals surface area contributed by atoms with Crippen molar-refractivity contribution in [1.82, 2.24) is 0 Å². The first-order chi connectivity index (χ1) is 9.99. The highest BCUT2D eigenvalue weighted by Gasteiger charge is 2.36. The molecule has 0 aliphatic heterocycles. The van der Waals surface area contributed by atoms with Crippen LogP contribution < -0.4 is 5.73 Å². The van der Waals surface area contributed by atoms with Gasteiger partial charge in [-0.1, -0.05) is 41.9 Å². The molecule has 0 fully saturated rings. The summed E-state index contributed by atoms with van der Waals surface area (Å²) in [6, 6.07) is 13.8. The fraction of sp³-hybridized carbons (Fsp3) is 0.294. The quantitative estimate of drug-likeness (QED) is 0.890. The summed E-state index contributed by atoms with van der Waals surface area (Å²) in [5.74, 6) is -0.348. The third-order valence-corrected chi connectivity index (χ3v) is 4.40. The lowest BCUT2D eigenvalue weighted by Crippen LogP contribution is -2.46. The van der Waals surface area contributed by atoms with Crippen molar-refractivity contribution in [2.24, 2.45) is 5.73 Å². The molecule has 2 unspecified atom stereocenters. The van der Waals surface area contributed by atoms with Crippen LogP contribution in [0.1, 0.15) is 18.1 Å². The Labute approximate surface area is 129 Å². The monoisotopic (exact) mass is 307 g/mol. The minimum absolute atomic E-state index is 0.238. The zero-order valence-corrected chi connectivity index (χ0v) is 12.6. The molecule has 21 heavy (non-hydrogen) atoms. The molecule has 0 spiro atoms. The number of aliphatic hydroxyl groups excluding tert-OH is 1. The lowest BCUT2D eigenvalue weighted by atomic mass is 9.72. The van der Waals surface area contributed by atoms with Crippen LogP contribution in [0.3, 0.4) is 0 Å². The molecular weight excluding hydrogens is 289 g/mol. The van der Waals surface area contributed by atoms with Crippen molar-refractivity contribution in [3.05, 3.63) is 70.5 Å². The lowest BCUT2D eigenvalue weighted by molar-refractivity contribution is 0.100. The van der Waals surface area contributed by atoms with Crippen molar-refractivity contribution in [2.75, 3.05) is 6.54 Å². The van der Waals surface area contributed by atoms with Crippen LogP contribution in [-0.4, -0.2) is 17.8 Å². The number of hydrogen-bond acceptors (Lipinski definition) is 2. The van der Waals surface area contributed by atoms with Gasteiger partial charge in [-0.25, -0.2) is 4.39 Å². The molecule has 3 N–H and O–H groups in total. The molecule has 2 aromatic carbocycles. The summed E-state index contributed by atoms with van der Waals surface area (Å²) < 4.78 is 13.5. The third-order valence-electron chi connectivity index (χ3n) is 4.03. The van der Waals surface area contributed by atoms with E-state index in [1.807, 2.05) is 30.3 Å². The van der Waals surface area contributed by atoms with Crippen molar-refractivity contribution < 1.29 is 9.50 Å². The van der Waals surface area contributed by atoms with E-state index in [2.05, 4.69) is 0 Å². The second-order valence-electron chi connectivity index (χ2n) is 5.31. The molecule has 0 aliphatic carbocycles. The fourth-order valence-electron chi connectivity index (χ4n) is 2.64. The number of rotatable bonds is 5. The van der Waals surface area contributed by atoms with Crippen LogP contribution in [0.5, 0.6) is 0 Å². The molecular formula is C17H19ClFNO. The predicted octanol–water partition coefficient (Wildman–Crippen LogP) is 3.30. The SMILES string of the molecule is CC(O)C(CN)(Cc1cc(F)ccc1Cl)c1ccccc1. The average Bonchev–Trinajstić information content (AvgIpc) is 2.49. The topological polar surface area (TPSA) is 46.2 Å². The molecule has 0 aliphatic rings. The van der Waals surface area contributed by atoms with Gasteiger partial charge in [0, 0.05) is 17.0 Å². The summed E-state index contributed by atoms with van der Waals surface area (Å²) in [4.78, 5) is 0. The van der Waals surface area contributed by atoms with Gasteiger partial charge in [0.25, 0.3) is 0 Å². The third kappa shape index (κ3) is 3.26. The van der Waals surface area contributed by atoms with Crippen LogP contribution in [0.2, 0.25) is 5.02 Å². The largest absolute Gasteiger partial charge is 0.392 e. The molecule has 2 atom stereocenters. The van der Waals surface area contributed by atoms with Crippen molar-refractivity contribution in [3.63, 3.8) is 0 Å². The number of hydrogen-bond donors (Lipinski definition) is 2. The normalized spacial score (nSPS) is 15.5. The van der Waals surface area contributed by atoms with E-state index in [1.54, 1.807) is 6.92 Å². The van der Waals surface area contributed by atoms with Crippen LogP contribution in [-0.2, 0) is 11.8 Å². The Bertz CT molecular complexity index is 603. The van der Waals surface area contributed by atoms with Crippen molar-refractivity contribution >= 4 is 11.6 Å². The number of halogens is 2. The number of nitrogens with two attached hydrogens (primary N) is 1. The highest BCUT2D eigenvalue weighted by Crippen LogP contribution is 2.33. The molecule has 0 saturated heterocycles. The van der Waals surface area contributed by atoms with Crippen molar-refractivity contribution in [2.45, 2.75) is 24.9 Å². The Kier molecular flexibility index (Phi) is 4.99. The Morgan fingerprint density at radius 2 is 1.90 bits per heavy atom. The van der Waals surface area contributed by atoms with Crippen LogP contribution >= 0.6 is 11.6 Å². The van der Waals surface area contributed by atoms with Crippen molar-refractivity contribution in [3.8, 4) is 0 Å². The average molecular weight is 308 g/mol. The maximum Gasteiger partial charge on any atom is 0.123 e. The van der Waals surface area contributed by atoms with E-state index in [0.717, 1.165) is 5.56 Å². The standard InChI is InChI=1S/C17H19ClFNO/c1-12(21)17(11-20,14-5-3-2-4-6-14)10-13-9-15(19)7-8-16(13)18/h2-9,12,21H,10-11,20H2,1H3. The molecule has 112 valence electrons. The highest BCUT2D eigenvalue weighted by molar-refractivity contribution is 6.31. The van der Waals surface area contributed by atoms with Crippen LogP contribution in [0, 0.1) is 5.82 Å². The van der Waals surface area contributed by atoms with Gasteiger partial charge >= 0.3 is 0 Å². The Morgan fingerprint density at radius 1 is 1.24 bits per heavy atom. The van der Waals surface area contributed by atoms with Crippen LogP contribution in [0.4, 0.5) is 4.39 Å². The maximum absolute atomic E-state index is 13.5. The number of aliphatic hydroxyl groups is 1. The first-order valence-electron chi connectivity index (χ1n) is 6.87. The van der Waals surface area contributed by atoms with E-state index in [-0.39, 0.29) is 12.4 Å². The van der Waals surface area contributed by atoms with Gasteiger partial charge in [-0.05, 0) is 42.7 Å². The number of benzene rings is 2. The van der Waals surface area contributed by atoms with E-state index in [1.165, 1.54) is 18.2 Å². The van der Waals surface area contributed by atoms with Gasteiger partial charge in [0.1, 0.15) is 5.82 Å². The van der Waals surface area contributed by atoms with Gasteiger partial charge in [-0.3, -0.25) is 0 Å². The maximum atomic E-state index is 13.5. The lowest BCUT2D eigenvalue weighted by Gasteiger charge is -2.36. The minimum Gasteiger partial charge on any atom is -0.392 e. The van der Waals surface area contributed by atoms with Gasteiger partial charge in [0.15, 0.2) is 0 Å². The zero-order valence-electron chi connectivity index (χ0n) is 11.9. The predicted molar refractivity (Wildman–Crippen MR) is 84.0 cm³/mol. The van der Waals surface area contributed by atoms with Gasteiger partial charge in [-0.15, -0.1) is 0 Å². The summed E-state index contributed by atoms with van der Waals surface area (Å²) in [6.45, 7) is 1.94.